The number of ether oxygens (including phenoxy) is 2. The van der Waals surface area contributed by atoms with Gasteiger partial charge in [0.15, 0.2) is 0 Å². The van der Waals surface area contributed by atoms with Crippen LogP contribution in [0.3, 0.4) is 0 Å². The first-order valence-electron chi connectivity index (χ1n) is 19.1. The van der Waals surface area contributed by atoms with E-state index in [4.69, 9.17) is 20.9 Å². The Morgan fingerprint density at radius 2 is 0.738 bits per heavy atom. The molecule has 0 spiro atoms. The minimum atomic E-state index is -0.199. The Hall–Kier alpha value is -6.88. The second-order valence-electron chi connectivity index (χ2n) is 14.2. The molecule has 0 radical (unpaired) electrons. The fraction of sp³-hybridized carbons (Fsp3) is 0.216. The molecule has 6 aromatic carbocycles. The number of esters is 2. The average molecular weight is 821 g/mol. The van der Waals surface area contributed by atoms with Crippen molar-refractivity contribution in [1.29, 1.82) is 0 Å². The molecule has 10 nitrogen and oxygen atoms in total. The predicted octanol–water partition coefficient (Wildman–Crippen LogP) is 9.22. The summed E-state index contributed by atoms with van der Waals surface area (Å²) in [6.45, 7) is 4.52. The molecular formula is C51H56N4O6. The molecule has 4 aliphatic rings. The van der Waals surface area contributed by atoms with E-state index < -0.39 is 0 Å². The highest BCUT2D eigenvalue weighted by atomic mass is 16.5. The van der Waals surface area contributed by atoms with Crippen LogP contribution in [0, 0.1) is 0 Å². The lowest BCUT2D eigenvalue weighted by Crippen LogP contribution is -2.24. The highest BCUT2D eigenvalue weighted by molar-refractivity contribution is 5.99. The smallest absolute Gasteiger partial charge is 0.338 e. The topological polar surface area (TPSA) is 145 Å². The number of rotatable bonds is 6. The summed E-state index contributed by atoms with van der Waals surface area (Å²) in [6, 6.07) is 46.6. The van der Waals surface area contributed by atoms with Gasteiger partial charge in [-0.05, 0) is 57.6 Å². The predicted molar refractivity (Wildman–Crippen MR) is 240 cm³/mol. The van der Waals surface area contributed by atoms with Crippen LogP contribution < -0.4 is 11.5 Å². The first-order valence-corrected chi connectivity index (χ1v) is 19.1. The molecule has 4 aliphatic heterocycles. The lowest BCUT2D eigenvalue weighted by Gasteiger charge is -2.18. The largest absolute Gasteiger partial charge is 0.457 e. The first kappa shape index (κ1) is 46.8. The second-order valence-corrected chi connectivity index (χ2v) is 14.2. The number of hydrogen-bond donors (Lipinski definition) is 2. The number of hydrogen-bond acceptors (Lipinski definition) is 8. The van der Waals surface area contributed by atoms with E-state index in [-0.39, 0.29) is 46.0 Å². The maximum absolute atomic E-state index is 12.6. The van der Waals surface area contributed by atoms with Crippen molar-refractivity contribution < 1.29 is 28.7 Å². The average Bonchev–Trinajstić information content (AvgIpc) is 4.02. The van der Waals surface area contributed by atoms with Gasteiger partial charge in [0.25, 0.3) is 11.8 Å². The number of cyclic esters (lactones) is 2. The molecule has 0 aliphatic carbocycles. The summed E-state index contributed by atoms with van der Waals surface area (Å²) < 4.78 is 9.57. The third kappa shape index (κ3) is 11.2. The lowest BCUT2D eigenvalue weighted by atomic mass is 10.1. The van der Waals surface area contributed by atoms with Gasteiger partial charge in [-0.3, -0.25) is 9.59 Å². The quantitative estimate of drug-likeness (QED) is 0.158. The molecule has 0 aromatic heterocycles. The molecular weight excluding hydrogens is 765 g/mol. The van der Waals surface area contributed by atoms with E-state index in [0.29, 0.717) is 63.6 Å². The molecule has 0 bridgehead atoms. The van der Waals surface area contributed by atoms with Crippen LogP contribution in [-0.2, 0) is 62.0 Å². The molecule has 2 amide bonds. The van der Waals surface area contributed by atoms with Gasteiger partial charge in [-0.1, -0.05) is 144 Å². The van der Waals surface area contributed by atoms with Crippen LogP contribution in [0.25, 0.3) is 0 Å². The lowest BCUT2D eigenvalue weighted by molar-refractivity contribution is 0.0526. The number of amides is 2. The molecule has 0 fully saturated rings. The third-order valence-corrected chi connectivity index (χ3v) is 10.2. The fourth-order valence-corrected chi connectivity index (χ4v) is 7.17. The molecule has 10 heteroatoms. The van der Waals surface area contributed by atoms with Gasteiger partial charge in [-0.25, -0.2) is 9.59 Å². The molecule has 4 heterocycles. The Bertz CT molecular complexity index is 2300. The Balaban J connectivity index is 0.000000204. The zero-order valence-corrected chi connectivity index (χ0v) is 32.0. The van der Waals surface area contributed by atoms with Crippen molar-refractivity contribution >= 4 is 23.8 Å². The van der Waals surface area contributed by atoms with Crippen LogP contribution in [0.15, 0.2) is 146 Å². The maximum Gasteiger partial charge on any atom is 0.338 e. The van der Waals surface area contributed by atoms with Gasteiger partial charge in [-0.15, -0.1) is 0 Å². The number of carbonyl (C=O) groups excluding carboxylic acids is 4. The third-order valence-electron chi connectivity index (χ3n) is 10.2. The molecule has 0 unspecified atom stereocenters. The van der Waals surface area contributed by atoms with E-state index in [1.54, 1.807) is 12.1 Å². The molecule has 10 rings (SSSR count). The van der Waals surface area contributed by atoms with Crippen LogP contribution in [0.1, 0.15) is 108 Å². The number of nitrogens with two attached hydrogens (primary N) is 2. The Kier molecular flexibility index (Phi) is 16.8. The zero-order valence-electron chi connectivity index (χ0n) is 32.0. The molecule has 0 saturated carbocycles. The fourth-order valence-electron chi connectivity index (χ4n) is 7.17. The molecule has 0 atom stereocenters. The van der Waals surface area contributed by atoms with Crippen molar-refractivity contribution in [1.82, 2.24) is 9.80 Å². The Labute approximate surface area is 359 Å². The number of nitrogens with zero attached hydrogens (tertiary/aromatic N) is 2. The molecule has 4 N–H and O–H groups in total. The van der Waals surface area contributed by atoms with Gasteiger partial charge < -0.3 is 30.7 Å². The van der Waals surface area contributed by atoms with Crippen molar-refractivity contribution in [2.24, 2.45) is 11.5 Å². The van der Waals surface area contributed by atoms with E-state index in [9.17, 15) is 19.2 Å². The van der Waals surface area contributed by atoms with E-state index in [1.165, 1.54) is 0 Å². The zero-order chi connectivity index (χ0) is 40.4. The normalized spacial score (nSPS) is 13.3. The minimum absolute atomic E-state index is 0. The first-order chi connectivity index (χ1) is 28.3. The number of benzene rings is 6. The van der Waals surface area contributed by atoms with Crippen molar-refractivity contribution in [3.63, 3.8) is 0 Å². The van der Waals surface area contributed by atoms with Gasteiger partial charge in [0.05, 0.1) is 11.1 Å². The standard InChI is InChI=1S/C24H20N2O2.C8H12N2.2C8H6O2.3CH4/c27-23-21-10-3-1-8-19(21)15-25(23)13-17-6-5-7-18(12-17)14-26-16-20-9-2-4-11-22(20)24(26)28;9-5-7-2-1-3-8(4-7)6-10;2*9-8-7-4-2-1-3-6(7)5-10-8;;;/h1-12H,13-16H2;1-4H,5-6,9-10H2;2*1-4H,5H2;3*1H4. The summed E-state index contributed by atoms with van der Waals surface area (Å²) in [5, 5.41) is 0. The molecule has 316 valence electrons. The van der Waals surface area contributed by atoms with Crippen LogP contribution in [0.5, 0.6) is 0 Å². The summed E-state index contributed by atoms with van der Waals surface area (Å²) in [5.74, 6) is -0.219. The van der Waals surface area contributed by atoms with Gasteiger partial charge in [-0.2, -0.15) is 0 Å². The van der Waals surface area contributed by atoms with Gasteiger partial charge in [0.2, 0.25) is 0 Å². The van der Waals surface area contributed by atoms with Crippen molar-refractivity contribution in [3.8, 4) is 0 Å². The van der Waals surface area contributed by atoms with Gasteiger partial charge in [0, 0.05) is 61.5 Å². The second kappa shape index (κ2) is 21.9. The van der Waals surface area contributed by atoms with E-state index in [0.717, 1.165) is 55.6 Å². The Morgan fingerprint density at radius 3 is 1.10 bits per heavy atom. The monoisotopic (exact) mass is 820 g/mol. The van der Waals surface area contributed by atoms with Crippen LogP contribution >= 0.6 is 0 Å². The summed E-state index contributed by atoms with van der Waals surface area (Å²) in [7, 11) is 0. The van der Waals surface area contributed by atoms with Crippen molar-refractivity contribution in [2.75, 3.05) is 0 Å². The van der Waals surface area contributed by atoms with Crippen LogP contribution in [-0.4, -0.2) is 33.6 Å². The number of carbonyl (C=O) groups is 4. The highest BCUT2D eigenvalue weighted by Crippen LogP contribution is 2.27. The van der Waals surface area contributed by atoms with E-state index >= 15 is 0 Å². The van der Waals surface area contributed by atoms with Gasteiger partial charge in [0.1, 0.15) is 13.2 Å². The SMILES string of the molecule is C.C.C.NCc1cccc(CN)c1.O=C1OCc2ccccc21.O=C1OCc2ccccc21.O=C1c2ccccc2CN1Cc1cccc(CN2Cc3ccccc3C2=O)c1. The number of fused-ring (bicyclic) bond motifs is 4. The van der Waals surface area contributed by atoms with Crippen molar-refractivity contribution in [2.45, 2.75) is 74.8 Å². The minimum Gasteiger partial charge on any atom is -0.457 e. The summed E-state index contributed by atoms with van der Waals surface area (Å²) in [5.41, 5.74) is 22.5. The molecule has 0 saturated heterocycles. The van der Waals surface area contributed by atoms with Gasteiger partial charge >= 0.3 is 11.9 Å². The van der Waals surface area contributed by atoms with Crippen molar-refractivity contribution in [3.05, 3.63) is 212 Å². The maximum atomic E-state index is 12.6. The van der Waals surface area contributed by atoms with E-state index in [2.05, 4.69) is 6.07 Å². The highest BCUT2D eigenvalue weighted by Gasteiger charge is 2.28. The summed E-state index contributed by atoms with van der Waals surface area (Å²) >= 11 is 0. The van der Waals surface area contributed by atoms with Crippen LogP contribution in [0.2, 0.25) is 0 Å². The van der Waals surface area contributed by atoms with Crippen LogP contribution in [0.4, 0.5) is 0 Å². The summed E-state index contributed by atoms with van der Waals surface area (Å²) in [6.07, 6.45) is 0. The Morgan fingerprint density at radius 1 is 0.410 bits per heavy atom. The molecule has 6 aromatic rings. The molecule has 61 heavy (non-hydrogen) atoms. The van der Waals surface area contributed by atoms with E-state index in [1.807, 2.05) is 137 Å². The summed E-state index contributed by atoms with van der Waals surface area (Å²) in [4.78, 5) is 50.7.